The number of ether oxygens (including phenoxy) is 2. The summed E-state index contributed by atoms with van der Waals surface area (Å²) in [5.41, 5.74) is 2.52. The molecule has 2 aromatic carbocycles. The Morgan fingerprint density at radius 1 is 0.833 bits per heavy atom. The molecular formula is C32H50NO3+. The van der Waals surface area contributed by atoms with E-state index in [0.29, 0.717) is 0 Å². The van der Waals surface area contributed by atoms with Crippen molar-refractivity contribution in [1.29, 1.82) is 0 Å². The van der Waals surface area contributed by atoms with E-state index in [1.54, 1.807) is 0 Å². The maximum atomic E-state index is 12.7. The highest BCUT2D eigenvalue weighted by molar-refractivity contribution is 5.72. The van der Waals surface area contributed by atoms with Gasteiger partial charge in [0, 0.05) is 5.56 Å². The van der Waals surface area contributed by atoms with E-state index in [1.807, 2.05) is 32.0 Å². The normalized spacial score (nSPS) is 13.2. The molecule has 0 amide bonds. The summed E-state index contributed by atoms with van der Waals surface area (Å²) in [6.45, 7) is 8.07. The van der Waals surface area contributed by atoms with Crippen molar-refractivity contribution in [3.8, 4) is 5.75 Å². The summed E-state index contributed by atoms with van der Waals surface area (Å²) in [5.74, 6) is 0.583. The SMILES string of the molecule is CCCCCCCCCCc1ccccc1OC(C)COC(=O)C(C)C[N+](C)(C)Cc1ccccc1. The molecule has 0 fully saturated rings. The molecule has 0 saturated heterocycles. The van der Waals surface area contributed by atoms with Crippen molar-refractivity contribution in [2.24, 2.45) is 5.92 Å². The lowest BCUT2D eigenvalue weighted by Crippen LogP contribution is -2.44. The summed E-state index contributed by atoms with van der Waals surface area (Å²) in [6.07, 6.45) is 11.4. The molecule has 0 heterocycles. The number of para-hydroxylation sites is 1. The van der Waals surface area contributed by atoms with Crippen molar-refractivity contribution in [2.75, 3.05) is 27.2 Å². The Balaban J connectivity index is 1.72. The molecule has 4 heteroatoms. The molecule has 2 aromatic rings. The zero-order valence-corrected chi connectivity index (χ0v) is 23.5. The van der Waals surface area contributed by atoms with Crippen LogP contribution in [0.5, 0.6) is 5.75 Å². The highest BCUT2D eigenvalue weighted by Gasteiger charge is 2.26. The van der Waals surface area contributed by atoms with Gasteiger partial charge in [-0.25, -0.2) is 0 Å². The number of hydrogen-bond donors (Lipinski definition) is 0. The molecular weight excluding hydrogens is 446 g/mol. The molecule has 0 N–H and O–H groups in total. The number of rotatable bonds is 18. The van der Waals surface area contributed by atoms with Crippen molar-refractivity contribution in [2.45, 2.75) is 91.2 Å². The Bertz CT molecular complexity index is 865. The largest absolute Gasteiger partial charge is 0.487 e. The quantitative estimate of drug-likeness (QED) is 0.121. The fraction of sp³-hybridized carbons (Fsp3) is 0.594. The van der Waals surface area contributed by atoms with E-state index >= 15 is 0 Å². The Morgan fingerprint density at radius 2 is 1.44 bits per heavy atom. The zero-order valence-electron chi connectivity index (χ0n) is 23.5. The first-order valence-electron chi connectivity index (χ1n) is 14.1. The van der Waals surface area contributed by atoms with Gasteiger partial charge in [-0.15, -0.1) is 0 Å². The highest BCUT2D eigenvalue weighted by Crippen LogP contribution is 2.22. The molecule has 2 rings (SSSR count). The Hall–Kier alpha value is -2.33. The molecule has 0 radical (unpaired) electrons. The topological polar surface area (TPSA) is 35.5 Å². The van der Waals surface area contributed by atoms with E-state index in [9.17, 15) is 4.79 Å². The number of unbranched alkanes of at least 4 members (excludes halogenated alkanes) is 7. The van der Waals surface area contributed by atoms with Gasteiger partial charge in [0.25, 0.3) is 0 Å². The predicted molar refractivity (Wildman–Crippen MR) is 150 cm³/mol. The van der Waals surface area contributed by atoms with Crippen LogP contribution in [0, 0.1) is 5.92 Å². The Labute approximate surface area is 220 Å². The maximum Gasteiger partial charge on any atom is 0.314 e. The van der Waals surface area contributed by atoms with E-state index in [2.05, 4.69) is 57.4 Å². The number of aryl methyl sites for hydroxylation is 1. The third-order valence-corrected chi connectivity index (χ3v) is 6.68. The van der Waals surface area contributed by atoms with Crippen LogP contribution in [-0.4, -0.2) is 43.8 Å². The first-order chi connectivity index (χ1) is 17.3. The molecule has 36 heavy (non-hydrogen) atoms. The molecule has 0 aliphatic rings. The summed E-state index contributed by atoms with van der Waals surface area (Å²) < 4.78 is 12.6. The van der Waals surface area contributed by atoms with Gasteiger partial charge in [0.15, 0.2) is 0 Å². The number of esters is 1. The predicted octanol–water partition coefficient (Wildman–Crippen LogP) is 7.59. The average Bonchev–Trinajstić information content (AvgIpc) is 2.85. The first-order valence-corrected chi connectivity index (χ1v) is 14.1. The minimum absolute atomic E-state index is 0.156. The standard InChI is InChI=1S/C32H50NO3/c1-6-7-8-9-10-11-12-16-21-30-22-17-18-23-31(30)36-28(3)26-35-32(34)27(2)24-33(4,5)25-29-19-14-13-15-20-29/h13-15,17-20,22-23,27-28H,6-12,16,21,24-26H2,1-5H3/q+1. The van der Waals surface area contributed by atoms with Gasteiger partial charge in [0.1, 0.15) is 30.9 Å². The van der Waals surface area contributed by atoms with Crippen molar-refractivity contribution >= 4 is 5.97 Å². The summed E-state index contributed by atoms with van der Waals surface area (Å²) in [7, 11) is 4.32. The molecule has 4 nitrogen and oxygen atoms in total. The molecule has 0 aliphatic heterocycles. The smallest absolute Gasteiger partial charge is 0.314 e. The number of benzene rings is 2. The van der Waals surface area contributed by atoms with Gasteiger partial charge in [-0.2, -0.15) is 0 Å². The second kappa shape index (κ2) is 16.4. The van der Waals surface area contributed by atoms with E-state index in [0.717, 1.165) is 29.7 Å². The van der Waals surface area contributed by atoms with Gasteiger partial charge in [0.2, 0.25) is 0 Å². The van der Waals surface area contributed by atoms with Gasteiger partial charge in [0.05, 0.1) is 20.6 Å². The third kappa shape index (κ3) is 12.1. The summed E-state index contributed by atoms with van der Waals surface area (Å²) in [4.78, 5) is 12.7. The maximum absolute atomic E-state index is 12.7. The van der Waals surface area contributed by atoms with Crippen molar-refractivity contribution in [3.63, 3.8) is 0 Å². The fourth-order valence-corrected chi connectivity index (χ4v) is 4.83. The average molecular weight is 497 g/mol. The Kier molecular flexibility index (Phi) is 13.6. The van der Waals surface area contributed by atoms with Gasteiger partial charge in [-0.1, -0.05) is 100 Å². The number of hydrogen-bond acceptors (Lipinski definition) is 3. The third-order valence-electron chi connectivity index (χ3n) is 6.68. The second-order valence-electron chi connectivity index (χ2n) is 11.1. The molecule has 2 unspecified atom stereocenters. The minimum Gasteiger partial charge on any atom is -0.487 e. The van der Waals surface area contributed by atoms with Gasteiger partial charge >= 0.3 is 5.97 Å². The number of nitrogens with zero attached hydrogens (tertiary/aromatic N) is 1. The molecule has 0 aromatic heterocycles. The van der Waals surface area contributed by atoms with Crippen LogP contribution < -0.4 is 4.74 Å². The lowest BCUT2D eigenvalue weighted by molar-refractivity contribution is -0.905. The summed E-state index contributed by atoms with van der Waals surface area (Å²) in [5, 5.41) is 0. The van der Waals surface area contributed by atoms with E-state index < -0.39 is 0 Å². The zero-order chi connectivity index (χ0) is 26.2. The second-order valence-corrected chi connectivity index (χ2v) is 11.1. The molecule has 200 valence electrons. The van der Waals surface area contributed by atoms with Crippen molar-refractivity contribution in [3.05, 3.63) is 65.7 Å². The van der Waals surface area contributed by atoms with Crippen LogP contribution in [0.1, 0.15) is 83.3 Å². The lowest BCUT2D eigenvalue weighted by Gasteiger charge is -2.32. The molecule has 0 aliphatic carbocycles. The van der Waals surface area contributed by atoms with Crippen LogP contribution in [0.15, 0.2) is 54.6 Å². The lowest BCUT2D eigenvalue weighted by atomic mass is 10.0. The molecule has 0 spiro atoms. The van der Waals surface area contributed by atoms with Crippen molar-refractivity contribution in [1.82, 2.24) is 0 Å². The first kappa shape index (κ1) is 29.9. The van der Waals surface area contributed by atoms with Gasteiger partial charge in [-0.05, 0) is 38.3 Å². The monoisotopic (exact) mass is 496 g/mol. The van der Waals surface area contributed by atoms with Crippen LogP contribution in [0.2, 0.25) is 0 Å². The van der Waals surface area contributed by atoms with Crippen LogP contribution in [0.4, 0.5) is 0 Å². The van der Waals surface area contributed by atoms with E-state index in [1.165, 1.54) is 62.5 Å². The fourth-order valence-electron chi connectivity index (χ4n) is 4.83. The number of quaternary nitrogens is 1. The minimum atomic E-state index is -0.187. The van der Waals surface area contributed by atoms with E-state index in [4.69, 9.17) is 9.47 Å². The molecule has 0 bridgehead atoms. The van der Waals surface area contributed by atoms with E-state index in [-0.39, 0.29) is 24.6 Å². The number of carbonyl (C=O) groups excluding carboxylic acids is 1. The van der Waals surface area contributed by atoms with Crippen LogP contribution >= 0.6 is 0 Å². The highest BCUT2D eigenvalue weighted by atomic mass is 16.6. The number of carbonyl (C=O) groups is 1. The molecule has 0 saturated carbocycles. The Morgan fingerprint density at radius 3 is 2.14 bits per heavy atom. The van der Waals surface area contributed by atoms with Crippen molar-refractivity contribution < 1.29 is 18.8 Å². The van der Waals surface area contributed by atoms with Gasteiger partial charge < -0.3 is 14.0 Å². The van der Waals surface area contributed by atoms with Crippen LogP contribution in [0.25, 0.3) is 0 Å². The van der Waals surface area contributed by atoms with Gasteiger partial charge in [-0.3, -0.25) is 4.79 Å². The summed E-state index contributed by atoms with van der Waals surface area (Å²) >= 11 is 0. The summed E-state index contributed by atoms with van der Waals surface area (Å²) in [6, 6.07) is 18.7. The van der Waals surface area contributed by atoms with Crippen LogP contribution in [0.3, 0.4) is 0 Å². The molecule has 2 atom stereocenters. The van der Waals surface area contributed by atoms with Crippen LogP contribution in [-0.2, 0) is 22.5 Å².